The molecule has 0 spiro atoms. The monoisotopic (exact) mass is 373 g/mol. The van der Waals surface area contributed by atoms with Gasteiger partial charge in [-0.3, -0.25) is 14.9 Å². The lowest BCUT2D eigenvalue weighted by molar-refractivity contribution is -0.115. The lowest BCUT2D eigenvalue weighted by Gasteiger charge is -2.09. The van der Waals surface area contributed by atoms with Crippen LogP contribution in [-0.4, -0.2) is 15.7 Å². The molecule has 2 aromatic carbocycles. The van der Waals surface area contributed by atoms with Gasteiger partial charge in [-0.05, 0) is 48.5 Å². The third-order valence-electron chi connectivity index (χ3n) is 4.59. The number of amides is 2. The maximum atomic E-state index is 11.9. The maximum absolute atomic E-state index is 11.9. The summed E-state index contributed by atoms with van der Waals surface area (Å²) in [6, 6.07) is 17.7. The second-order valence-electron chi connectivity index (χ2n) is 6.27. The molecule has 2 amide bonds. The van der Waals surface area contributed by atoms with Gasteiger partial charge in [0.2, 0.25) is 0 Å². The molecule has 1 fully saturated rings. The van der Waals surface area contributed by atoms with Crippen LogP contribution in [0.5, 0.6) is 0 Å². The highest BCUT2D eigenvalue weighted by Gasteiger charge is 2.26. The third-order valence-corrected chi connectivity index (χ3v) is 5.40. The van der Waals surface area contributed by atoms with E-state index in [4.69, 9.17) is 5.26 Å². The third kappa shape index (κ3) is 3.14. The number of benzene rings is 2. The van der Waals surface area contributed by atoms with Crippen molar-refractivity contribution in [2.45, 2.75) is 13.5 Å². The number of aromatic nitrogens is 1. The molecule has 4 rings (SSSR count). The molecule has 0 aliphatic carbocycles. The molecule has 2 heterocycles. The highest BCUT2D eigenvalue weighted by molar-refractivity contribution is 8.18. The van der Waals surface area contributed by atoms with Gasteiger partial charge < -0.3 is 4.57 Å². The van der Waals surface area contributed by atoms with Crippen molar-refractivity contribution >= 4 is 39.9 Å². The van der Waals surface area contributed by atoms with Crippen LogP contribution in [0.25, 0.3) is 17.0 Å². The number of hydrogen-bond acceptors (Lipinski definition) is 4. The van der Waals surface area contributed by atoms with Crippen LogP contribution in [-0.2, 0) is 11.3 Å². The number of rotatable bonds is 3. The Labute approximate surface area is 160 Å². The van der Waals surface area contributed by atoms with Crippen molar-refractivity contribution in [1.82, 2.24) is 9.88 Å². The van der Waals surface area contributed by atoms with Crippen LogP contribution in [0, 0.1) is 18.3 Å². The number of thioether (sulfide) groups is 1. The van der Waals surface area contributed by atoms with Gasteiger partial charge >= 0.3 is 0 Å². The zero-order valence-electron chi connectivity index (χ0n) is 14.5. The van der Waals surface area contributed by atoms with E-state index >= 15 is 0 Å². The number of carbonyl (C=O) groups excluding carboxylic acids is 2. The van der Waals surface area contributed by atoms with Crippen LogP contribution >= 0.6 is 11.8 Å². The van der Waals surface area contributed by atoms with Gasteiger partial charge in [-0.25, -0.2) is 0 Å². The smallest absolute Gasteiger partial charge is 0.290 e. The summed E-state index contributed by atoms with van der Waals surface area (Å²) in [5, 5.41) is 12.1. The van der Waals surface area contributed by atoms with Crippen LogP contribution < -0.4 is 5.32 Å². The second kappa shape index (κ2) is 6.78. The van der Waals surface area contributed by atoms with Gasteiger partial charge in [0.05, 0.1) is 16.5 Å². The largest absolute Gasteiger partial charge is 0.340 e. The van der Waals surface area contributed by atoms with E-state index < -0.39 is 0 Å². The van der Waals surface area contributed by atoms with Gasteiger partial charge in [-0.1, -0.05) is 30.3 Å². The van der Waals surface area contributed by atoms with E-state index in [1.54, 1.807) is 12.1 Å². The van der Waals surface area contributed by atoms with E-state index in [1.807, 2.05) is 49.4 Å². The van der Waals surface area contributed by atoms with E-state index in [1.165, 1.54) is 0 Å². The number of fused-ring (bicyclic) bond motifs is 1. The molecule has 1 aliphatic rings. The summed E-state index contributed by atoms with van der Waals surface area (Å²) in [5.41, 5.74) is 4.62. The standard InChI is InChI=1S/C21H15N3O2S/c1-13-17(10-19-20(25)23-21(26)27-19)16-7-2-3-8-18(16)24(13)12-15-6-4-5-14(9-15)11-22/h2-10H,12H2,1H3,(H,23,25,26). The van der Waals surface area contributed by atoms with Crippen LogP contribution in [0.3, 0.4) is 0 Å². The Morgan fingerprint density at radius 3 is 2.74 bits per heavy atom. The summed E-state index contributed by atoms with van der Waals surface area (Å²) in [4.78, 5) is 23.8. The molecular formula is C21H15N3O2S. The zero-order chi connectivity index (χ0) is 19.0. The van der Waals surface area contributed by atoms with E-state index in [-0.39, 0.29) is 11.1 Å². The van der Waals surface area contributed by atoms with Gasteiger partial charge in [0.1, 0.15) is 0 Å². The van der Waals surface area contributed by atoms with Gasteiger partial charge in [-0.2, -0.15) is 5.26 Å². The van der Waals surface area contributed by atoms with E-state index in [0.29, 0.717) is 17.0 Å². The minimum Gasteiger partial charge on any atom is -0.340 e. The molecule has 132 valence electrons. The first-order valence-corrected chi connectivity index (χ1v) is 9.20. The molecule has 1 N–H and O–H groups in total. The predicted octanol–water partition coefficient (Wildman–Crippen LogP) is 4.19. The molecule has 1 aromatic heterocycles. The molecule has 0 atom stereocenters. The summed E-state index contributed by atoms with van der Waals surface area (Å²) in [5.74, 6) is -0.358. The van der Waals surface area contributed by atoms with Crippen molar-refractivity contribution in [3.8, 4) is 6.07 Å². The Morgan fingerprint density at radius 2 is 2.00 bits per heavy atom. The molecule has 27 heavy (non-hydrogen) atoms. The lowest BCUT2D eigenvalue weighted by Crippen LogP contribution is -2.17. The Hall–Kier alpha value is -3.30. The SMILES string of the molecule is Cc1c(C=C2SC(=O)NC2=O)c2ccccc2n1Cc1cccc(C#N)c1. The summed E-state index contributed by atoms with van der Waals surface area (Å²) in [6.07, 6.45) is 1.78. The number of para-hydroxylation sites is 1. The van der Waals surface area contributed by atoms with E-state index in [9.17, 15) is 9.59 Å². The van der Waals surface area contributed by atoms with Crippen molar-refractivity contribution in [3.05, 3.63) is 75.8 Å². The van der Waals surface area contributed by atoms with Gasteiger partial charge in [-0.15, -0.1) is 0 Å². The van der Waals surface area contributed by atoms with Gasteiger partial charge in [0.15, 0.2) is 0 Å². The topological polar surface area (TPSA) is 74.9 Å². The highest BCUT2D eigenvalue weighted by atomic mass is 32.2. The zero-order valence-corrected chi connectivity index (χ0v) is 15.3. The number of nitriles is 1. The Kier molecular flexibility index (Phi) is 4.30. The van der Waals surface area contributed by atoms with E-state index in [0.717, 1.165) is 39.5 Å². The molecule has 6 heteroatoms. The van der Waals surface area contributed by atoms with Crippen LogP contribution in [0.4, 0.5) is 4.79 Å². The fourth-order valence-corrected chi connectivity index (χ4v) is 3.98. The van der Waals surface area contributed by atoms with Crippen molar-refractivity contribution in [1.29, 1.82) is 5.26 Å². The Bertz CT molecular complexity index is 1170. The van der Waals surface area contributed by atoms with Gasteiger partial charge in [0, 0.05) is 28.7 Å². The Balaban J connectivity index is 1.84. The summed E-state index contributed by atoms with van der Waals surface area (Å²) in [6.45, 7) is 2.61. The van der Waals surface area contributed by atoms with Crippen molar-refractivity contribution in [2.75, 3.05) is 0 Å². The minimum absolute atomic E-state index is 0.346. The molecule has 0 unspecified atom stereocenters. The number of nitrogens with one attached hydrogen (secondary N) is 1. The molecule has 5 nitrogen and oxygen atoms in total. The summed E-state index contributed by atoms with van der Waals surface area (Å²) < 4.78 is 2.16. The summed E-state index contributed by atoms with van der Waals surface area (Å²) >= 11 is 0.920. The molecule has 0 saturated carbocycles. The van der Waals surface area contributed by atoms with Crippen LogP contribution in [0.1, 0.15) is 22.4 Å². The normalized spacial score (nSPS) is 15.3. The first-order chi connectivity index (χ1) is 13.1. The quantitative estimate of drug-likeness (QED) is 0.699. The molecule has 0 radical (unpaired) electrons. The molecule has 0 bridgehead atoms. The average molecular weight is 373 g/mol. The number of carbonyl (C=O) groups is 2. The van der Waals surface area contributed by atoms with Crippen LogP contribution in [0.15, 0.2) is 53.4 Å². The maximum Gasteiger partial charge on any atom is 0.290 e. The first-order valence-electron chi connectivity index (χ1n) is 8.38. The molecular weight excluding hydrogens is 358 g/mol. The summed E-state index contributed by atoms with van der Waals surface area (Å²) in [7, 11) is 0. The molecule has 1 aliphatic heterocycles. The lowest BCUT2D eigenvalue weighted by atomic mass is 10.1. The second-order valence-corrected chi connectivity index (χ2v) is 7.28. The van der Waals surface area contributed by atoms with Crippen molar-refractivity contribution in [2.24, 2.45) is 0 Å². The predicted molar refractivity (Wildman–Crippen MR) is 106 cm³/mol. The highest BCUT2D eigenvalue weighted by Crippen LogP contribution is 2.32. The Morgan fingerprint density at radius 1 is 1.19 bits per heavy atom. The van der Waals surface area contributed by atoms with Gasteiger partial charge in [0.25, 0.3) is 11.1 Å². The fourth-order valence-electron chi connectivity index (χ4n) is 3.32. The van der Waals surface area contributed by atoms with Crippen molar-refractivity contribution in [3.63, 3.8) is 0 Å². The fraction of sp³-hybridized carbons (Fsp3) is 0.0952. The number of nitrogens with zero attached hydrogens (tertiary/aromatic N) is 2. The first kappa shape index (κ1) is 17.1. The minimum atomic E-state index is -0.358. The number of hydrogen-bond donors (Lipinski definition) is 1. The molecule has 3 aromatic rings. The van der Waals surface area contributed by atoms with Crippen LogP contribution in [0.2, 0.25) is 0 Å². The number of imide groups is 1. The molecule has 1 saturated heterocycles. The average Bonchev–Trinajstić information content (AvgIpc) is 3.13. The van der Waals surface area contributed by atoms with E-state index in [2.05, 4.69) is 16.0 Å². The van der Waals surface area contributed by atoms with Crippen molar-refractivity contribution < 1.29 is 9.59 Å².